The van der Waals surface area contributed by atoms with E-state index in [2.05, 4.69) is 5.32 Å². The molecule has 23 heavy (non-hydrogen) atoms. The van der Waals surface area contributed by atoms with Gasteiger partial charge in [-0.2, -0.15) is 0 Å². The smallest absolute Gasteiger partial charge is 0.331 e. The zero-order valence-electron chi connectivity index (χ0n) is 14.1. The Bertz CT molecular complexity index is 463. The fourth-order valence-corrected chi connectivity index (χ4v) is 2.72. The minimum absolute atomic E-state index is 0.180. The molecule has 0 spiro atoms. The van der Waals surface area contributed by atoms with E-state index in [0.29, 0.717) is 12.8 Å². The summed E-state index contributed by atoms with van der Waals surface area (Å²) in [6.45, 7) is 5.85. The van der Waals surface area contributed by atoms with Gasteiger partial charge in [0.2, 0.25) is 11.8 Å². The van der Waals surface area contributed by atoms with Gasteiger partial charge in [0.1, 0.15) is 5.92 Å². The van der Waals surface area contributed by atoms with Gasteiger partial charge in [0.05, 0.1) is 13.0 Å². The van der Waals surface area contributed by atoms with Crippen LogP contribution in [0.4, 0.5) is 4.79 Å². The minimum Gasteiger partial charge on any atom is -0.466 e. The standard InChI is InChI=1S/C16H26N2O5/c1-4-7-9-11(8-5-2)18-15(21)12(10-13(19)23-6-3)14(20)17-16(18)22/h11-12H,4-10H2,1-3H3,(H,17,20,22). The van der Waals surface area contributed by atoms with E-state index in [9.17, 15) is 19.2 Å². The zero-order chi connectivity index (χ0) is 17.4. The summed E-state index contributed by atoms with van der Waals surface area (Å²) in [7, 11) is 0. The second-order valence-corrected chi connectivity index (χ2v) is 5.65. The number of hydrogen-bond donors (Lipinski definition) is 1. The monoisotopic (exact) mass is 326 g/mol. The van der Waals surface area contributed by atoms with E-state index < -0.39 is 29.7 Å². The largest absolute Gasteiger partial charge is 0.466 e. The van der Waals surface area contributed by atoms with E-state index in [-0.39, 0.29) is 19.1 Å². The molecule has 1 rings (SSSR count). The number of urea groups is 1. The summed E-state index contributed by atoms with van der Waals surface area (Å²) in [5, 5.41) is 2.19. The maximum atomic E-state index is 12.6. The van der Waals surface area contributed by atoms with Crippen molar-refractivity contribution in [2.24, 2.45) is 5.92 Å². The van der Waals surface area contributed by atoms with Gasteiger partial charge in [-0.15, -0.1) is 0 Å². The highest BCUT2D eigenvalue weighted by Crippen LogP contribution is 2.22. The lowest BCUT2D eigenvalue weighted by Gasteiger charge is -2.35. The third-order valence-corrected chi connectivity index (χ3v) is 3.86. The summed E-state index contributed by atoms with van der Waals surface area (Å²) in [4.78, 5) is 49.3. The molecule has 0 saturated carbocycles. The Morgan fingerprint density at radius 1 is 1.17 bits per heavy atom. The summed E-state index contributed by atoms with van der Waals surface area (Å²) >= 11 is 0. The number of nitrogens with zero attached hydrogens (tertiary/aromatic N) is 1. The predicted octanol–water partition coefficient (Wildman–Crippen LogP) is 1.99. The van der Waals surface area contributed by atoms with Crippen LogP contribution in [0.1, 0.15) is 59.3 Å². The van der Waals surface area contributed by atoms with Gasteiger partial charge in [-0.05, 0) is 19.8 Å². The lowest BCUT2D eigenvalue weighted by Crippen LogP contribution is -2.61. The van der Waals surface area contributed by atoms with Gasteiger partial charge in [-0.1, -0.05) is 33.1 Å². The van der Waals surface area contributed by atoms with E-state index in [0.717, 1.165) is 24.2 Å². The molecule has 4 amide bonds. The fourth-order valence-electron chi connectivity index (χ4n) is 2.72. The lowest BCUT2D eigenvalue weighted by atomic mass is 9.96. The molecule has 1 fully saturated rings. The van der Waals surface area contributed by atoms with Crippen molar-refractivity contribution in [2.45, 2.75) is 65.3 Å². The van der Waals surface area contributed by atoms with Crippen molar-refractivity contribution >= 4 is 23.8 Å². The molecule has 0 radical (unpaired) electrons. The number of carbonyl (C=O) groups is 4. The van der Waals surface area contributed by atoms with E-state index in [1.807, 2.05) is 13.8 Å². The molecule has 1 heterocycles. The summed E-state index contributed by atoms with van der Waals surface area (Å²) in [5.74, 6) is -3.12. The average molecular weight is 326 g/mol. The zero-order valence-corrected chi connectivity index (χ0v) is 14.1. The highest BCUT2D eigenvalue weighted by Gasteiger charge is 2.44. The molecule has 0 aromatic rings. The molecule has 0 aliphatic carbocycles. The second kappa shape index (κ2) is 9.27. The van der Waals surface area contributed by atoms with Crippen LogP contribution in [0, 0.1) is 5.92 Å². The summed E-state index contributed by atoms with van der Waals surface area (Å²) < 4.78 is 4.80. The quantitative estimate of drug-likeness (QED) is 0.517. The van der Waals surface area contributed by atoms with E-state index in [4.69, 9.17) is 4.74 Å². The van der Waals surface area contributed by atoms with Crippen LogP contribution in [0.15, 0.2) is 0 Å². The van der Waals surface area contributed by atoms with Gasteiger partial charge in [0, 0.05) is 6.04 Å². The fraction of sp³-hybridized carbons (Fsp3) is 0.750. The molecule has 1 saturated heterocycles. The Labute approximate surface area is 136 Å². The number of ether oxygens (including phenoxy) is 1. The Balaban J connectivity index is 2.92. The molecule has 7 nitrogen and oxygen atoms in total. The number of rotatable bonds is 9. The molecule has 0 bridgehead atoms. The van der Waals surface area contributed by atoms with Gasteiger partial charge in [0.25, 0.3) is 0 Å². The van der Waals surface area contributed by atoms with E-state index in [1.54, 1.807) is 6.92 Å². The van der Waals surface area contributed by atoms with Crippen molar-refractivity contribution in [2.75, 3.05) is 6.61 Å². The predicted molar refractivity (Wildman–Crippen MR) is 83.3 cm³/mol. The van der Waals surface area contributed by atoms with Crippen LogP contribution in [0.3, 0.4) is 0 Å². The number of amides is 4. The topological polar surface area (TPSA) is 92.8 Å². The Hall–Kier alpha value is -1.92. The number of unbranched alkanes of at least 4 members (excludes halogenated alkanes) is 1. The minimum atomic E-state index is -1.19. The number of hydrogen-bond acceptors (Lipinski definition) is 5. The second-order valence-electron chi connectivity index (χ2n) is 5.65. The van der Waals surface area contributed by atoms with Crippen LogP contribution in [0.5, 0.6) is 0 Å². The Morgan fingerprint density at radius 2 is 1.87 bits per heavy atom. The summed E-state index contributed by atoms with van der Waals surface area (Å²) in [6, 6.07) is -0.931. The Morgan fingerprint density at radius 3 is 2.43 bits per heavy atom. The van der Waals surface area contributed by atoms with Crippen molar-refractivity contribution in [3.05, 3.63) is 0 Å². The third kappa shape index (κ3) is 5.04. The van der Waals surface area contributed by atoms with Gasteiger partial charge < -0.3 is 4.74 Å². The summed E-state index contributed by atoms with van der Waals surface area (Å²) in [6.07, 6.45) is 3.70. The van der Waals surface area contributed by atoms with Gasteiger partial charge in [0.15, 0.2) is 0 Å². The SMILES string of the molecule is CCCCC(CCC)N1C(=O)NC(=O)C(CC(=O)OCC)C1=O. The third-order valence-electron chi connectivity index (χ3n) is 3.86. The number of barbiturate groups is 1. The molecule has 1 N–H and O–H groups in total. The highest BCUT2D eigenvalue weighted by atomic mass is 16.5. The molecule has 1 aliphatic heterocycles. The first-order chi connectivity index (χ1) is 11.0. The maximum Gasteiger partial charge on any atom is 0.331 e. The molecule has 2 unspecified atom stereocenters. The van der Waals surface area contributed by atoms with Crippen molar-refractivity contribution in [3.63, 3.8) is 0 Å². The lowest BCUT2D eigenvalue weighted by molar-refractivity contribution is -0.153. The molecular weight excluding hydrogens is 300 g/mol. The van der Waals surface area contributed by atoms with Crippen LogP contribution >= 0.6 is 0 Å². The first kappa shape index (κ1) is 19.1. The van der Waals surface area contributed by atoms with Crippen molar-refractivity contribution in [3.8, 4) is 0 Å². The van der Waals surface area contributed by atoms with Crippen LogP contribution in [0.25, 0.3) is 0 Å². The van der Waals surface area contributed by atoms with Crippen molar-refractivity contribution < 1.29 is 23.9 Å². The van der Waals surface area contributed by atoms with Crippen LogP contribution < -0.4 is 5.32 Å². The number of carbonyl (C=O) groups excluding carboxylic acids is 4. The normalized spacial score (nSPS) is 19.5. The molecule has 2 atom stereocenters. The van der Waals surface area contributed by atoms with Gasteiger partial charge in [-0.25, -0.2) is 4.79 Å². The average Bonchev–Trinajstić information content (AvgIpc) is 2.49. The molecular formula is C16H26N2O5. The van der Waals surface area contributed by atoms with Crippen LogP contribution in [-0.2, 0) is 19.1 Å². The molecule has 7 heteroatoms. The number of imide groups is 2. The van der Waals surface area contributed by atoms with Crippen molar-refractivity contribution in [1.82, 2.24) is 10.2 Å². The summed E-state index contributed by atoms with van der Waals surface area (Å²) in [5.41, 5.74) is 0. The van der Waals surface area contributed by atoms with Gasteiger partial charge in [-0.3, -0.25) is 24.6 Å². The van der Waals surface area contributed by atoms with Crippen molar-refractivity contribution in [1.29, 1.82) is 0 Å². The Kier molecular flexibility index (Phi) is 7.71. The van der Waals surface area contributed by atoms with Gasteiger partial charge >= 0.3 is 12.0 Å². The molecule has 130 valence electrons. The van der Waals surface area contributed by atoms with E-state index >= 15 is 0 Å². The van der Waals surface area contributed by atoms with Crippen LogP contribution in [0.2, 0.25) is 0 Å². The highest BCUT2D eigenvalue weighted by molar-refractivity contribution is 6.17. The molecule has 1 aliphatic rings. The molecule has 0 aromatic heterocycles. The first-order valence-electron chi connectivity index (χ1n) is 8.29. The maximum absolute atomic E-state index is 12.6. The molecule has 0 aromatic carbocycles. The number of esters is 1. The number of nitrogens with one attached hydrogen (secondary N) is 1. The van der Waals surface area contributed by atoms with Crippen LogP contribution in [-0.4, -0.2) is 41.4 Å². The van der Waals surface area contributed by atoms with E-state index in [1.165, 1.54) is 0 Å². The first-order valence-corrected chi connectivity index (χ1v) is 8.29.